The molecule has 0 aromatic heterocycles. The summed E-state index contributed by atoms with van der Waals surface area (Å²) in [6.45, 7) is 8.66. The molecule has 0 amide bonds. The van der Waals surface area contributed by atoms with Crippen LogP contribution in [0.4, 0.5) is 0 Å². The Morgan fingerprint density at radius 3 is 1.75 bits per heavy atom. The Morgan fingerprint density at radius 1 is 1.38 bits per heavy atom. The van der Waals surface area contributed by atoms with E-state index in [0.29, 0.717) is 11.5 Å². The molecule has 0 aromatic carbocycles. The van der Waals surface area contributed by atoms with Gasteiger partial charge in [-0.15, -0.1) is 0 Å². The van der Waals surface area contributed by atoms with E-state index in [0.717, 1.165) is 6.42 Å². The van der Waals surface area contributed by atoms with E-state index in [1.54, 1.807) is 0 Å². The van der Waals surface area contributed by atoms with Gasteiger partial charge >= 0.3 is 0 Å². The summed E-state index contributed by atoms with van der Waals surface area (Å²) in [7, 11) is 0. The zero-order chi connectivity index (χ0) is 6.78. The van der Waals surface area contributed by atoms with Crippen LogP contribution in [0.3, 0.4) is 0 Å². The Kier molecular flexibility index (Phi) is 2.48. The van der Waals surface area contributed by atoms with Crippen molar-refractivity contribution in [2.75, 3.05) is 0 Å². The predicted molar refractivity (Wildman–Crippen MR) is 37.7 cm³/mol. The minimum atomic E-state index is 0.343. The molecular weight excluding hydrogens is 98.1 g/mol. The summed E-state index contributed by atoms with van der Waals surface area (Å²) < 4.78 is 0. The molecule has 0 saturated carbocycles. The standard InChI is InChI=1S/C7H17N/c1-6(8)5-7(2,3)4/h6H,5,8H2,1-4H3/t6-/m0/s1. The summed E-state index contributed by atoms with van der Waals surface area (Å²) in [6, 6.07) is 0.343. The third kappa shape index (κ3) is 5.96. The first-order chi connectivity index (χ1) is 3.42. The Balaban J connectivity index is 3.39. The van der Waals surface area contributed by atoms with Crippen molar-refractivity contribution in [1.29, 1.82) is 0 Å². The van der Waals surface area contributed by atoms with Crippen molar-refractivity contribution >= 4 is 0 Å². The van der Waals surface area contributed by atoms with E-state index >= 15 is 0 Å². The van der Waals surface area contributed by atoms with Crippen LogP contribution in [0.15, 0.2) is 0 Å². The second-order valence-electron chi connectivity index (χ2n) is 3.74. The Labute approximate surface area is 52.3 Å². The fraction of sp³-hybridized carbons (Fsp3) is 1.00. The molecule has 8 heavy (non-hydrogen) atoms. The van der Waals surface area contributed by atoms with Crippen LogP contribution in [0, 0.1) is 5.41 Å². The first-order valence-electron chi connectivity index (χ1n) is 3.17. The van der Waals surface area contributed by atoms with Crippen LogP contribution >= 0.6 is 0 Å². The Bertz CT molecular complexity index is 59.3. The lowest BCUT2D eigenvalue weighted by Gasteiger charge is -2.19. The van der Waals surface area contributed by atoms with Gasteiger partial charge in [-0.3, -0.25) is 0 Å². The average molecular weight is 115 g/mol. The van der Waals surface area contributed by atoms with Crippen LogP contribution in [0.1, 0.15) is 34.1 Å². The third-order valence-corrected chi connectivity index (χ3v) is 0.934. The highest BCUT2D eigenvalue weighted by atomic mass is 14.6. The van der Waals surface area contributed by atoms with Crippen molar-refractivity contribution < 1.29 is 0 Å². The molecule has 0 radical (unpaired) electrons. The minimum absolute atomic E-state index is 0.343. The number of nitrogens with two attached hydrogens (primary N) is 1. The van der Waals surface area contributed by atoms with Crippen LogP contribution < -0.4 is 5.73 Å². The van der Waals surface area contributed by atoms with E-state index in [-0.39, 0.29) is 0 Å². The van der Waals surface area contributed by atoms with E-state index in [1.165, 1.54) is 0 Å². The Hall–Kier alpha value is -0.0400. The highest BCUT2D eigenvalue weighted by Crippen LogP contribution is 2.19. The molecule has 0 unspecified atom stereocenters. The highest BCUT2D eigenvalue weighted by Gasteiger charge is 2.11. The summed E-state index contributed by atoms with van der Waals surface area (Å²) in [4.78, 5) is 0. The molecule has 1 heteroatoms. The van der Waals surface area contributed by atoms with Gasteiger partial charge in [0.2, 0.25) is 0 Å². The summed E-state index contributed by atoms with van der Waals surface area (Å²) in [5.74, 6) is 0. The van der Waals surface area contributed by atoms with E-state index in [2.05, 4.69) is 20.8 Å². The summed E-state index contributed by atoms with van der Waals surface area (Å²) in [6.07, 6.45) is 1.10. The maximum atomic E-state index is 5.58. The SMILES string of the molecule is C[C@H](N)CC(C)(C)C. The average Bonchev–Trinajstić information content (AvgIpc) is 1.21. The molecule has 0 aliphatic carbocycles. The largest absolute Gasteiger partial charge is 0.328 e. The van der Waals surface area contributed by atoms with Crippen molar-refractivity contribution in [3.8, 4) is 0 Å². The topological polar surface area (TPSA) is 26.0 Å². The highest BCUT2D eigenvalue weighted by molar-refractivity contribution is 4.66. The lowest BCUT2D eigenvalue weighted by Crippen LogP contribution is -2.22. The normalized spacial score (nSPS) is 16.1. The monoisotopic (exact) mass is 115 g/mol. The molecular formula is C7H17N. The number of rotatable bonds is 1. The maximum Gasteiger partial charge on any atom is 0.00154 e. The van der Waals surface area contributed by atoms with Gasteiger partial charge in [-0.1, -0.05) is 20.8 Å². The molecule has 0 heterocycles. The minimum Gasteiger partial charge on any atom is -0.328 e. The van der Waals surface area contributed by atoms with Gasteiger partial charge in [-0.2, -0.15) is 0 Å². The molecule has 0 bridgehead atoms. The van der Waals surface area contributed by atoms with Crippen molar-refractivity contribution in [3.05, 3.63) is 0 Å². The van der Waals surface area contributed by atoms with Crippen molar-refractivity contribution in [2.45, 2.75) is 40.2 Å². The fourth-order valence-electron chi connectivity index (χ4n) is 0.966. The molecule has 0 spiro atoms. The van der Waals surface area contributed by atoms with Crippen LogP contribution in [0.5, 0.6) is 0 Å². The number of hydrogen-bond donors (Lipinski definition) is 1. The molecule has 0 saturated heterocycles. The smallest absolute Gasteiger partial charge is 0.00154 e. The van der Waals surface area contributed by atoms with Gasteiger partial charge < -0.3 is 5.73 Å². The summed E-state index contributed by atoms with van der Waals surface area (Å²) in [5, 5.41) is 0. The first kappa shape index (κ1) is 7.96. The van der Waals surface area contributed by atoms with Gasteiger partial charge in [0, 0.05) is 6.04 Å². The first-order valence-corrected chi connectivity index (χ1v) is 3.17. The fourth-order valence-corrected chi connectivity index (χ4v) is 0.966. The van der Waals surface area contributed by atoms with Crippen LogP contribution in [-0.2, 0) is 0 Å². The van der Waals surface area contributed by atoms with Crippen LogP contribution in [-0.4, -0.2) is 6.04 Å². The quantitative estimate of drug-likeness (QED) is 0.553. The second-order valence-corrected chi connectivity index (χ2v) is 3.74. The van der Waals surface area contributed by atoms with Crippen molar-refractivity contribution in [1.82, 2.24) is 0 Å². The lowest BCUT2D eigenvalue weighted by atomic mass is 9.89. The van der Waals surface area contributed by atoms with Crippen molar-refractivity contribution in [2.24, 2.45) is 11.1 Å². The zero-order valence-electron chi connectivity index (χ0n) is 6.36. The van der Waals surface area contributed by atoms with Gasteiger partial charge in [0.05, 0.1) is 0 Å². The van der Waals surface area contributed by atoms with E-state index < -0.39 is 0 Å². The zero-order valence-corrected chi connectivity index (χ0v) is 6.36. The molecule has 0 aliphatic heterocycles. The van der Waals surface area contributed by atoms with Gasteiger partial charge in [0.15, 0.2) is 0 Å². The second kappa shape index (κ2) is 2.49. The summed E-state index contributed by atoms with van der Waals surface area (Å²) >= 11 is 0. The van der Waals surface area contributed by atoms with Crippen LogP contribution in [0.2, 0.25) is 0 Å². The molecule has 2 N–H and O–H groups in total. The number of hydrogen-bond acceptors (Lipinski definition) is 1. The predicted octanol–water partition coefficient (Wildman–Crippen LogP) is 1.77. The maximum absolute atomic E-state index is 5.58. The third-order valence-electron chi connectivity index (χ3n) is 0.934. The lowest BCUT2D eigenvalue weighted by molar-refractivity contribution is 0.349. The molecule has 1 nitrogen and oxygen atoms in total. The van der Waals surface area contributed by atoms with Crippen LogP contribution in [0.25, 0.3) is 0 Å². The van der Waals surface area contributed by atoms with Gasteiger partial charge in [0.25, 0.3) is 0 Å². The molecule has 0 aromatic rings. The van der Waals surface area contributed by atoms with Gasteiger partial charge in [0.1, 0.15) is 0 Å². The van der Waals surface area contributed by atoms with E-state index in [1.807, 2.05) is 6.92 Å². The van der Waals surface area contributed by atoms with E-state index in [4.69, 9.17) is 5.73 Å². The molecule has 50 valence electrons. The molecule has 0 aliphatic rings. The summed E-state index contributed by atoms with van der Waals surface area (Å²) in [5.41, 5.74) is 5.98. The molecule has 1 atom stereocenters. The Morgan fingerprint density at radius 2 is 1.75 bits per heavy atom. The van der Waals surface area contributed by atoms with Gasteiger partial charge in [-0.25, -0.2) is 0 Å². The molecule has 0 rings (SSSR count). The van der Waals surface area contributed by atoms with Gasteiger partial charge in [-0.05, 0) is 18.8 Å². The van der Waals surface area contributed by atoms with Crippen molar-refractivity contribution in [3.63, 3.8) is 0 Å². The molecule has 0 fully saturated rings. The van der Waals surface area contributed by atoms with E-state index in [9.17, 15) is 0 Å².